The van der Waals surface area contributed by atoms with Gasteiger partial charge in [0.05, 0.1) is 14.2 Å². The van der Waals surface area contributed by atoms with E-state index in [1.54, 1.807) is 37.4 Å². The lowest BCUT2D eigenvalue weighted by atomic mass is 10.1. The van der Waals surface area contributed by atoms with Gasteiger partial charge in [-0.2, -0.15) is 0 Å². The van der Waals surface area contributed by atoms with E-state index in [-0.39, 0.29) is 5.91 Å². The van der Waals surface area contributed by atoms with Gasteiger partial charge in [-0.3, -0.25) is 4.79 Å². The molecule has 0 bridgehead atoms. The number of ether oxygens (including phenoxy) is 3. The van der Waals surface area contributed by atoms with Gasteiger partial charge in [-0.1, -0.05) is 6.07 Å². The number of aromatic nitrogens is 2. The molecule has 1 aromatic heterocycles. The molecule has 8 heteroatoms. The second-order valence-corrected chi connectivity index (χ2v) is 5.07. The number of amides is 1. The molecule has 0 radical (unpaired) electrons. The molecule has 1 heterocycles. The Morgan fingerprint density at radius 2 is 1.64 bits per heavy atom. The number of benzene rings is 1. The van der Waals surface area contributed by atoms with E-state index in [0.717, 1.165) is 13.0 Å². The Balaban J connectivity index is 2.04. The molecule has 0 saturated heterocycles. The third-order valence-electron chi connectivity index (χ3n) is 3.39. The molecule has 2 N–H and O–H groups in total. The highest BCUT2D eigenvalue weighted by Gasteiger charge is 2.18. The first-order chi connectivity index (χ1) is 12.2. The topological polar surface area (TPSA) is 94.6 Å². The van der Waals surface area contributed by atoms with Crippen molar-refractivity contribution in [3.8, 4) is 11.5 Å². The van der Waals surface area contributed by atoms with Crippen LogP contribution in [0, 0.1) is 0 Å². The van der Waals surface area contributed by atoms with Crippen LogP contribution in [0.25, 0.3) is 0 Å². The first-order valence-corrected chi connectivity index (χ1v) is 7.78. The maximum absolute atomic E-state index is 12.5. The van der Waals surface area contributed by atoms with Gasteiger partial charge in [0.2, 0.25) is 0 Å². The number of carbonyl (C=O) groups is 1. The molecule has 1 aromatic carbocycles. The minimum absolute atomic E-state index is 0.302. The Labute approximate surface area is 146 Å². The molecule has 0 aliphatic carbocycles. The number of anilines is 2. The van der Waals surface area contributed by atoms with Crippen LogP contribution in [0.5, 0.6) is 11.5 Å². The van der Waals surface area contributed by atoms with Crippen LogP contribution in [0.2, 0.25) is 0 Å². The third kappa shape index (κ3) is 5.05. The zero-order valence-electron chi connectivity index (χ0n) is 14.5. The average Bonchev–Trinajstić information content (AvgIpc) is 2.65. The van der Waals surface area contributed by atoms with E-state index in [1.165, 1.54) is 14.2 Å². The van der Waals surface area contributed by atoms with Crippen molar-refractivity contribution in [2.45, 2.75) is 6.42 Å². The Morgan fingerprint density at radius 1 is 1.00 bits per heavy atom. The smallest absolute Gasteiger partial charge is 0.264 e. The third-order valence-corrected chi connectivity index (χ3v) is 3.39. The molecule has 0 unspecified atom stereocenters. The standard InChI is InChI=1S/C17H22N4O4/c1-23-11-5-10-18-14-8-9-15(21-20-14)19-17(22)16-12(24-2)6-4-7-13(16)25-3/h4,6-9H,5,10-11H2,1-3H3,(H,18,20)(H,19,21,22). The van der Waals surface area contributed by atoms with Gasteiger partial charge in [-0.25, -0.2) is 0 Å². The SMILES string of the molecule is COCCCNc1ccc(NC(=O)c2c(OC)cccc2OC)nn1. The molecule has 0 aliphatic rings. The van der Waals surface area contributed by atoms with Crippen LogP contribution >= 0.6 is 0 Å². The van der Waals surface area contributed by atoms with Crippen molar-refractivity contribution in [2.75, 3.05) is 45.1 Å². The van der Waals surface area contributed by atoms with E-state index >= 15 is 0 Å². The summed E-state index contributed by atoms with van der Waals surface area (Å²) in [7, 11) is 4.65. The second-order valence-electron chi connectivity index (χ2n) is 5.07. The van der Waals surface area contributed by atoms with Crippen molar-refractivity contribution in [2.24, 2.45) is 0 Å². The molecule has 2 aromatic rings. The van der Waals surface area contributed by atoms with E-state index in [1.807, 2.05) is 0 Å². The molecule has 0 aliphatic heterocycles. The maximum Gasteiger partial charge on any atom is 0.264 e. The molecule has 25 heavy (non-hydrogen) atoms. The van der Waals surface area contributed by atoms with Gasteiger partial charge in [0.25, 0.3) is 5.91 Å². The fourth-order valence-electron chi connectivity index (χ4n) is 2.18. The molecule has 134 valence electrons. The zero-order valence-corrected chi connectivity index (χ0v) is 14.5. The number of nitrogens with one attached hydrogen (secondary N) is 2. The minimum Gasteiger partial charge on any atom is -0.496 e. The molecule has 1 amide bonds. The van der Waals surface area contributed by atoms with Gasteiger partial charge in [0, 0.05) is 20.3 Å². The van der Waals surface area contributed by atoms with Gasteiger partial charge in [-0.15, -0.1) is 10.2 Å². The largest absolute Gasteiger partial charge is 0.496 e. The molecule has 0 atom stereocenters. The number of hydrogen-bond donors (Lipinski definition) is 2. The molecule has 0 fully saturated rings. The Kier molecular flexibility index (Phi) is 6.97. The van der Waals surface area contributed by atoms with Crippen molar-refractivity contribution in [1.29, 1.82) is 0 Å². The van der Waals surface area contributed by atoms with Crippen molar-refractivity contribution in [3.05, 3.63) is 35.9 Å². The first-order valence-electron chi connectivity index (χ1n) is 7.78. The number of carbonyl (C=O) groups excluding carboxylic acids is 1. The van der Waals surface area contributed by atoms with E-state index in [9.17, 15) is 4.79 Å². The van der Waals surface area contributed by atoms with Crippen LogP contribution in [0.15, 0.2) is 30.3 Å². The van der Waals surface area contributed by atoms with Crippen molar-refractivity contribution >= 4 is 17.5 Å². The van der Waals surface area contributed by atoms with Crippen LogP contribution in [0.1, 0.15) is 16.8 Å². The summed E-state index contributed by atoms with van der Waals surface area (Å²) in [4.78, 5) is 12.5. The van der Waals surface area contributed by atoms with Crippen LogP contribution in [-0.4, -0.2) is 50.6 Å². The number of rotatable bonds is 9. The van der Waals surface area contributed by atoms with Gasteiger partial charge >= 0.3 is 0 Å². The molecule has 2 rings (SSSR count). The fourth-order valence-corrected chi connectivity index (χ4v) is 2.18. The van der Waals surface area contributed by atoms with Gasteiger partial charge in [-0.05, 0) is 30.7 Å². The van der Waals surface area contributed by atoms with E-state index in [0.29, 0.717) is 35.3 Å². The minimum atomic E-state index is -0.385. The molecule has 8 nitrogen and oxygen atoms in total. The molecule has 0 saturated carbocycles. The van der Waals surface area contributed by atoms with Crippen LogP contribution in [0.3, 0.4) is 0 Å². The second kappa shape index (κ2) is 9.43. The van der Waals surface area contributed by atoms with E-state index in [4.69, 9.17) is 14.2 Å². The lowest BCUT2D eigenvalue weighted by molar-refractivity contribution is 0.102. The van der Waals surface area contributed by atoms with E-state index < -0.39 is 0 Å². The average molecular weight is 346 g/mol. The summed E-state index contributed by atoms with van der Waals surface area (Å²) in [6.45, 7) is 1.40. The fraction of sp³-hybridized carbons (Fsp3) is 0.353. The Hall–Kier alpha value is -2.87. The molecular weight excluding hydrogens is 324 g/mol. The Morgan fingerprint density at radius 3 is 2.20 bits per heavy atom. The van der Waals surface area contributed by atoms with Crippen molar-refractivity contribution in [1.82, 2.24) is 10.2 Å². The quantitative estimate of drug-likeness (QED) is 0.672. The van der Waals surface area contributed by atoms with Crippen molar-refractivity contribution < 1.29 is 19.0 Å². The summed E-state index contributed by atoms with van der Waals surface area (Å²) in [5.41, 5.74) is 0.302. The summed E-state index contributed by atoms with van der Waals surface area (Å²) in [6.07, 6.45) is 0.865. The van der Waals surface area contributed by atoms with Gasteiger partial charge in [0.15, 0.2) is 5.82 Å². The molecule has 0 spiro atoms. The van der Waals surface area contributed by atoms with Crippen LogP contribution in [-0.2, 0) is 4.74 Å². The highest BCUT2D eigenvalue weighted by molar-refractivity contribution is 6.07. The normalized spacial score (nSPS) is 10.2. The Bertz CT molecular complexity index is 669. The number of nitrogens with zero attached hydrogens (tertiary/aromatic N) is 2. The first kappa shape index (κ1) is 18.5. The highest BCUT2D eigenvalue weighted by atomic mass is 16.5. The predicted molar refractivity (Wildman–Crippen MR) is 94.5 cm³/mol. The summed E-state index contributed by atoms with van der Waals surface area (Å²) in [6, 6.07) is 8.55. The number of methoxy groups -OCH3 is 3. The highest BCUT2D eigenvalue weighted by Crippen LogP contribution is 2.28. The lowest BCUT2D eigenvalue weighted by Gasteiger charge is -2.12. The van der Waals surface area contributed by atoms with Crippen LogP contribution in [0.4, 0.5) is 11.6 Å². The maximum atomic E-state index is 12.5. The monoisotopic (exact) mass is 346 g/mol. The lowest BCUT2D eigenvalue weighted by Crippen LogP contribution is -2.16. The summed E-state index contributed by atoms with van der Waals surface area (Å²) in [5, 5.41) is 13.8. The van der Waals surface area contributed by atoms with Crippen molar-refractivity contribution in [3.63, 3.8) is 0 Å². The van der Waals surface area contributed by atoms with Gasteiger partial charge in [0.1, 0.15) is 22.9 Å². The predicted octanol–water partition coefficient (Wildman–Crippen LogP) is 2.19. The molecular formula is C17H22N4O4. The van der Waals surface area contributed by atoms with E-state index in [2.05, 4.69) is 20.8 Å². The number of hydrogen-bond acceptors (Lipinski definition) is 7. The zero-order chi connectivity index (χ0) is 18.1. The summed E-state index contributed by atoms with van der Waals surface area (Å²) in [5.74, 6) is 1.41. The summed E-state index contributed by atoms with van der Waals surface area (Å²) >= 11 is 0. The van der Waals surface area contributed by atoms with Gasteiger partial charge < -0.3 is 24.8 Å². The summed E-state index contributed by atoms with van der Waals surface area (Å²) < 4.78 is 15.4. The van der Waals surface area contributed by atoms with Crippen LogP contribution < -0.4 is 20.1 Å².